The van der Waals surface area contributed by atoms with Gasteiger partial charge in [-0.05, 0) is 55.8 Å². The number of hydrogen-bond acceptors (Lipinski definition) is 7. The monoisotopic (exact) mass is 440 g/mol. The largest absolute Gasteiger partial charge is 0.348 e. The number of pyridine rings is 1. The number of hydrogen-bond donors (Lipinski definition) is 2. The Morgan fingerprint density at radius 3 is 2.85 bits per heavy atom. The third-order valence-corrected chi connectivity index (χ3v) is 6.97. The fourth-order valence-corrected chi connectivity index (χ4v) is 5.24. The zero-order chi connectivity index (χ0) is 22.2. The van der Waals surface area contributed by atoms with Crippen LogP contribution < -0.4 is 15.5 Å². The number of rotatable bonds is 4. The lowest BCUT2D eigenvalue weighted by Gasteiger charge is -2.40. The quantitative estimate of drug-likeness (QED) is 0.498. The van der Waals surface area contributed by atoms with Gasteiger partial charge in [0.2, 0.25) is 0 Å². The van der Waals surface area contributed by atoms with Gasteiger partial charge in [0, 0.05) is 19.3 Å². The second-order valence-electron chi connectivity index (χ2n) is 8.94. The molecule has 6 rings (SSSR count). The topological polar surface area (TPSA) is 99.9 Å². The van der Waals surface area contributed by atoms with E-state index in [4.69, 9.17) is 15.7 Å². The minimum absolute atomic E-state index is 0.239. The van der Waals surface area contributed by atoms with Crippen LogP contribution in [0.5, 0.6) is 0 Å². The van der Waals surface area contributed by atoms with Gasteiger partial charge < -0.3 is 15.5 Å². The van der Waals surface area contributed by atoms with Gasteiger partial charge in [0.15, 0.2) is 17.0 Å². The average Bonchev–Trinajstić information content (AvgIpc) is 3.31. The molecule has 8 nitrogen and oxygen atoms in total. The van der Waals surface area contributed by atoms with E-state index in [0.717, 1.165) is 73.9 Å². The van der Waals surface area contributed by atoms with Crippen molar-refractivity contribution in [2.75, 3.05) is 29.4 Å². The van der Waals surface area contributed by atoms with Crippen molar-refractivity contribution in [1.82, 2.24) is 25.1 Å². The summed E-state index contributed by atoms with van der Waals surface area (Å²) in [6, 6.07) is 15.0. The fraction of sp³-hybridized carbons (Fsp3) is 0.360. The van der Waals surface area contributed by atoms with E-state index in [-0.39, 0.29) is 6.04 Å². The summed E-state index contributed by atoms with van der Waals surface area (Å²) < 4.78 is 0. The zero-order valence-corrected chi connectivity index (χ0v) is 18.6. The van der Waals surface area contributed by atoms with E-state index in [1.54, 1.807) is 0 Å². The van der Waals surface area contributed by atoms with Gasteiger partial charge in [-0.1, -0.05) is 30.3 Å². The number of anilines is 3. The van der Waals surface area contributed by atoms with E-state index in [9.17, 15) is 0 Å². The van der Waals surface area contributed by atoms with Crippen LogP contribution >= 0.6 is 0 Å². The van der Waals surface area contributed by atoms with Gasteiger partial charge >= 0.3 is 0 Å². The van der Waals surface area contributed by atoms with E-state index in [1.807, 2.05) is 18.5 Å². The number of benzene rings is 1. The number of aryl methyl sites for hydroxylation is 1. The Morgan fingerprint density at radius 2 is 1.97 bits per heavy atom. The molecule has 0 unspecified atom stereocenters. The summed E-state index contributed by atoms with van der Waals surface area (Å²) >= 11 is 0. The lowest BCUT2D eigenvalue weighted by Crippen LogP contribution is -2.39. The molecule has 1 saturated heterocycles. The average molecular weight is 441 g/mol. The van der Waals surface area contributed by atoms with E-state index in [1.165, 1.54) is 5.56 Å². The molecule has 8 heteroatoms. The maximum Gasteiger partial charge on any atom is 0.183 e. The van der Waals surface area contributed by atoms with Crippen molar-refractivity contribution in [3.63, 3.8) is 0 Å². The molecular weight excluding hydrogens is 412 g/mol. The van der Waals surface area contributed by atoms with Crippen LogP contribution in [0.2, 0.25) is 0 Å². The molecule has 0 spiro atoms. The van der Waals surface area contributed by atoms with Crippen LogP contribution in [-0.4, -0.2) is 44.8 Å². The van der Waals surface area contributed by atoms with Crippen molar-refractivity contribution in [3.8, 4) is 0 Å². The number of piperidine rings is 1. The van der Waals surface area contributed by atoms with Crippen molar-refractivity contribution in [2.45, 2.75) is 31.7 Å². The molecule has 0 bridgehead atoms. The van der Waals surface area contributed by atoms with E-state index in [0.29, 0.717) is 11.6 Å². The number of nitrogens with one attached hydrogen (secondary N) is 1. The Labute approximate surface area is 192 Å². The highest BCUT2D eigenvalue weighted by Gasteiger charge is 2.31. The second kappa shape index (κ2) is 8.44. The first-order valence-electron chi connectivity index (χ1n) is 11.8. The predicted octanol–water partition coefficient (Wildman–Crippen LogP) is 3.75. The van der Waals surface area contributed by atoms with Crippen molar-refractivity contribution in [1.29, 1.82) is 0 Å². The molecule has 2 atom stereocenters. The molecule has 2 aliphatic heterocycles. The molecular formula is C25H28N8. The number of aromatic amines is 1. The number of H-pyrrole nitrogens is 1. The van der Waals surface area contributed by atoms with Crippen molar-refractivity contribution >= 4 is 28.5 Å². The van der Waals surface area contributed by atoms with Crippen LogP contribution in [-0.2, 0) is 6.42 Å². The maximum absolute atomic E-state index is 6.04. The van der Waals surface area contributed by atoms with E-state index < -0.39 is 0 Å². The molecule has 33 heavy (non-hydrogen) atoms. The highest BCUT2D eigenvalue weighted by Crippen LogP contribution is 2.38. The van der Waals surface area contributed by atoms with Crippen LogP contribution in [0, 0.1) is 5.92 Å². The van der Waals surface area contributed by atoms with Crippen molar-refractivity contribution in [2.24, 2.45) is 11.7 Å². The highest BCUT2D eigenvalue weighted by molar-refractivity contribution is 5.87. The molecule has 4 aromatic rings. The van der Waals surface area contributed by atoms with Gasteiger partial charge in [-0.3, -0.25) is 10.1 Å². The minimum atomic E-state index is 0.239. The Hall–Kier alpha value is -3.52. The van der Waals surface area contributed by atoms with Crippen molar-refractivity contribution in [3.05, 3.63) is 66.1 Å². The fourth-order valence-electron chi connectivity index (χ4n) is 5.24. The predicted molar refractivity (Wildman–Crippen MR) is 130 cm³/mol. The molecule has 3 aromatic heterocycles. The summed E-state index contributed by atoms with van der Waals surface area (Å²) in [5, 5.41) is 7.76. The molecule has 1 aromatic carbocycles. The Balaban J connectivity index is 1.35. The Bertz CT molecular complexity index is 1250. The van der Waals surface area contributed by atoms with Crippen molar-refractivity contribution < 1.29 is 0 Å². The molecule has 5 heterocycles. The van der Waals surface area contributed by atoms with E-state index in [2.05, 4.69) is 61.4 Å². The number of nitrogens with two attached hydrogens (primary N) is 1. The second-order valence-corrected chi connectivity index (χ2v) is 8.94. The first-order valence-corrected chi connectivity index (χ1v) is 11.8. The van der Waals surface area contributed by atoms with Crippen LogP contribution in [0.4, 0.5) is 17.3 Å². The molecule has 3 N–H and O–H groups in total. The maximum atomic E-state index is 6.04. The van der Waals surface area contributed by atoms with Gasteiger partial charge in [-0.2, -0.15) is 5.10 Å². The highest BCUT2D eigenvalue weighted by atomic mass is 15.3. The number of nitrogens with zero attached hydrogens (tertiary/aromatic N) is 6. The Kier molecular flexibility index (Phi) is 5.14. The zero-order valence-electron chi connectivity index (χ0n) is 18.6. The lowest BCUT2D eigenvalue weighted by atomic mass is 9.87. The van der Waals surface area contributed by atoms with E-state index >= 15 is 0 Å². The summed E-state index contributed by atoms with van der Waals surface area (Å²) in [6.07, 6.45) is 7.86. The summed E-state index contributed by atoms with van der Waals surface area (Å²) in [5.74, 6) is 2.22. The van der Waals surface area contributed by atoms with Crippen LogP contribution in [0.25, 0.3) is 11.2 Å². The molecule has 168 valence electrons. The molecule has 0 amide bonds. The van der Waals surface area contributed by atoms with Crippen LogP contribution in [0.3, 0.4) is 0 Å². The molecule has 0 saturated carbocycles. The van der Waals surface area contributed by atoms with Gasteiger partial charge in [-0.25, -0.2) is 9.97 Å². The SMILES string of the molecule is NC[C@H]1CCN(c2cnc3c(N4CCCc5ncccc54)n[nH]c3n2)[C@H](c2ccccc2)C1. The molecule has 2 aliphatic rings. The van der Waals surface area contributed by atoms with Crippen LogP contribution in [0.1, 0.15) is 36.6 Å². The van der Waals surface area contributed by atoms with Gasteiger partial charge in [0.1, 0.15) is 5.82 Å². The van der Waals surface area contributed by atoms with Crippen LogP contribution in [0.15, 0.2) is 54.9 Å². The summed E-state index contributed by atoms with van der Waals surface area (Å²) in [7, 11) is 0. The summed E-state index contributed by atoms with van der Waals surface area (Å²) in [6.45, 7) is 2.52. The van der Waals surface area contributed by atoms with Gasteiger partial charge in [0.05, 0.1) is 23.6 Å². The first-order chi connectivity index (χ1) is 16.3. The standard InChI is InChI=1S/C25H28N8/c26-15-17-10-13-32(21(14-17)18-6-2-1-3-7-18)22-16-28-23-24(29-22)30-31-25(23)33-12-5-8-19-20(33)9-4-11-27-19/h1-4,6-7,9,11,16-17,21H,5,8,10,12-15,26H2,(H,29,30,31)/t17-,21-/m0/s1. The summed E-state index contributed by atoms with van der Waals surface area (Å²) in [4.78, 5) is 18.9. The number of aromatic nitrogens is 5. The van der Waals surface area contributed by atoms with Gasteiger partial charge in [-0.15, -0.1) is 0 Å². The number of fused-ring (bicyclic) bond motifs is 2. The molecule has 1 fully saturated rings. The minimum Gasteiger partial charge on any atom is -0.348 e. The summed E-state index contributed by atoms with van der Waals surface area (Å²) in [5.41, 5.74) is 11.1. The third kappa shape index (κ3) is 3.60. The first kappa shape index (κ1) is 20.1. The molecule has 0 radical (unpaired) electrons. The Morgan fingerprint density at radius 1 is 1.06 bits per heavy atom. The normalized spacial score (nSPS) is 20.8. The smallest absolute Gasteiger partial charge is 0.183 e. The molecule has 0 aliphatic carbocycles. The third-order valence-electron chi connectivity index (χ3n) is 6.97. The van der Waals surface area contributed by atoms with Gasteiger partial charge in [0.25, 0.3) is 0 Å². The lowest BCUT2D eigenvalue weighted by molar-refractivity contribution is 0.350.